The number of allylic oxidation sites excluding steroid dienone is 7. The Morgan fingerprint density at radius 1 is 0.972 bits per heavy atom. The Morgan fingerprint density at radius 2 is 1.58 bits per heavy atom. The van der Waals surface area contributed by atoms with Crippen LogP contribution in [0.15, 0.2) is 71.0 Å². The highest BCUT2D eigenvalue weighted by molar-refractivity contribution is 7.80. The average Bonchev–Trinajstić information content (AvgIpc) is 2.99. The minimum Gasteiger partial charge on any atom is -0.347 e. The van der Waals surface area contributed by atoms with E-state index in [4.69, 9.17) is 12.2 Å². The predicted octanol–water partition coefficient (Wildman–Crippen LogP) is 5.89. The number of nitrogens with zero attached hydrogens (tertiary/aromatic N) is 3. The quantitative estimate of drug-likeness (QED) is 0.292. The summed E-state index contributed by atoms with van der Waals surface area (Å²) in [6, 6.07) is 8.53. The van der Waals surface area contributed by atoms with Crippen LogP contribution < -0.4 is 4.90 Å². The van der Waals surface area contributed by atoms with Crippen LogP contribution >= 0.6 is 12.2 Å². The van der Waals surface area contributed by atoms with Gasteiger partial charge in [-0.15, -0.1) is 0 Å². The molecule has 0 N–H and O–H groups in total. The second-order valence-corrected chi connectivity index (χ2v) is 11.5. The van der Waals surface area contributed by atoms with Crippen molar-refractivity contribution in [3.05, 3.63) is 76.5 Å². The van der Waals surface area contributed by atoms with Gasteiger partial charge in [-0.25, -0.2) is 0 Å². The number of para-hydroxylation sites is 1. The van der Waals surface area contributed by atoms with E-state index in [-0.39, 0.29) is 28.2 Å². The monoisotopic (exact) mass is 503 g/mol. The van der Waals surface area contributed by atoms with Crippen LogP contribution in [0.2, 0.25) is 0 Å². The van der Waals surface area contributed by atoms with Crippen LogP contribution in [-0.4, -0.2) is 46.9 Å². The summed E-state index contributed by atoms with van der Waals surface area (Å²) in [5.74, 6) is -0.558. The maximum Gasteiger partial charge on any atom is 0.265 e. The van der Waals surface area contributed by atoms with Crippen LogP contribution in [0.3, 0.4) is 0 Å². The smallest absolute Gasteiger partial charge is 0.265 e. The van der Waals surface area contributed by atoms with Gasteiger partial charge in [-0.05, 0) is 73.2 Å². The van der Waals surface area contributed by atoms with E-state index in [0.29, 0.717) is 24.6 Å². The third-order valence-corrected chi connectivity index (χ3v) is 7.99. The number of likely N-dealkylation sites (N-methyl/N-ethyl adjacent to an activating group) is 3. The normalized spacial score (nSPS) is 22.8. The highest BCUT2D eigenvalue weighted by Crippen LogP contribution is 2.46. The standard InChI is InChI=1S/C30H37N3O2S/c1-8-32-26(34)25(27(35)33(9-2)28(32)36)21-17-20(18-29(3,4)19-21)13-12-16-24-30(5,6)22-14-10-11-15-23(22)31(24)7/h10-17H,8-9,18-19H2,1-7H3. The lowest BCUT2D eigenvalue weighted by Gasteiger charge is -2.38. The summed E-state index contributed by atoms with van der Waals surface area (Å²) >= 11 is 5.44. The fourth-order valence-electron chi connectivity index (χ4n) is 5.80. The zero-order valence-electron chi connectivity index (χ0n) is 22.5. The van der Waals surface area contributed by atoms with E-state index in [9.17, 15) is 9.59 Å². The first-order valence-electron chi connectivity index (χ1n) is 12.8. The molecule has 1 aromatic carbocycles. The fraction of sp³-hybridized carbons (Fsp3) is 0.433. The van der Waals surface area contributed by atoms with Crippen molar-refractivity contribution in [3.63, 3.8) is 0 Å². The van der Waals surface area contributed by atoms with E-state index in [1.54, 1.807) is 0 Å². The summed E-state index contributed by atoms with van der Waals surface area (Å²) in [5, 5.41) is 0.300. The van der Waals surface area contributed by atoms with Gasteiger partial charge in [0.2, 0.25) is 0 Å². The van der Waals surface area contributed by atoms with Crippen molar-refractivity contribution in [2.75, 3.05) is 25.0 Å². The molecule has 0 radical (unpaired) electrons. The van der Waals surface area contributed by atoms with Crippen molar-refractivity contribution in [3.8, 4) is 0 Å². The summed E-state index contributed by atoms with van der Waals surface area (Å²) in [6.07, 6.45) is 10.00. The molecule has 36 heavy (non-hydrogen) atoms. The van der Waals surface area contributed by atoms with Gasteiger partial charge >= 0.3 is 0 Å². The number of hydrogen-bond acceptors (Lipinski definition) is 4. The van der Waals surface area contributed by atoms with Crippen molar-refractivity contribution in [2.24, 2.45) is 5.41 Å². The zero-order chi connectivity index (χ0) is 26.4. The Labute approximate surface area is 220 Å². The number of thiocarbonyl (C=S) groups is 1. The molecule has 1 fully saturated rings. The van der Waals surface area contributed by atoms with Crippen LogP contribution in [0.4, 0.5) is 5.69 Å². The molecule has 0 unspecified atom stereocenters. The summed E-state index contributed by atoms with van der Waals surface area (Å²) in [6.45, 7) is 13.5. The van der Waals surface area contributed by atoms with Gasteiger partial charge in [-0.2, -0.15) is 0 Å². The van der Waals surface area contributed by atoms with Gasteiger partial charge in [-0.3, -0.25) is 19.4 Å². The first kappa shape index (κ1) is 26.1. The molecule has 0 bridgehead atoms. The lowest BCUT2D eigenvalue weighted by molar-refractivity contribution is -0.133. The highest BCUT2D eigenvalue weighted by atomic mass is 32.1. The molecule has 1 saturated heterocycles. The molecule has 1 aromatic rings. The molecule has 0 spiro atoms. The van der Waals surface area contributed by atoms with Gasteiger partial charge in [0.1, 0.15) is 5.57 Å². The van der Waals surface area contributed by atoms with Gasteiger partial charge in [0.25, 0.3) is 11.8 Å². The van der Waals surface area contributed by atoms with Crippen molar-refractivity contribution < 1.29 is 9.59 Å². The first-order valence-corrected chi connectivity index (χ1v) is 13.2. The lowest BCUT2D eigenvalue weighted by Crippen LogP contribution is -2.56. The molecule has 3 aliphatic rings. The van der Waals surface area contributed by atoms with Crippen molar-refractivity contribution >= 4 is 34.8 Å². The van der Waals surface area contributed by atoms with E-state index in [1.165, 1.54) is 26.7 Å². The topological polar surface area (TPSA) is 43.9 Å². The van der Waals surface area contributed by atoms with Gasteiger partial charge in [0, 0.05) is 36.9 Å². The average molecular weight is 504 g/mol. The van der Waals surface area contributed by atoms with E-state index in [1.807, 2.05) is 19.9 Å². The number of benzene rings is 1. The SMILES string of the molecule is CCN1C(=O)C(=C2C=C(C=CC=C3N(C)c4ccccc4C3(C)C)CC(C)(C)C2)C(=O)N(CC)C1=S. The third-order valence-electron chi connectivity index (χ3n) is 7.55. The zero-order valence-corrected chi connectivity index (χ0v) is 23.3. The molecule has 190 valence electrons. The summed E-state index contributed by atoms with van der Waals surface area (Å²) in [5.41, 5.74) is 5.81. The molecule has 0 aromatic heterocycles. The highest BCUT2D eigenvalue weighted by Gasteiger charge is 2.41. The number of carbonyl (C=O) groups excluding carboxylic acids is 2. The number of rotatable bonds is 4. The van der Waals surface area contributed by atoms with Crippen LogP contribution in [0.25, 0.3) is 0 Å². The molecule has 2 heterocycles. The number of amides is 2. The van der Waals surface area contributed by atoms with Crippen molar-refractivity contribution in [1.82, 2.24) is 9.80 Å². The molecule has 1 aliphatic carbocycles. The van der Waals surface area contributed by atoms with Gasteiger partial charge in [0.15, 0.2) is 5.11 Å². The van der Waals surface area contributed by atoms with Gasteiger partial charge in [0.05, 0.1) is 0 Å². The minimum atomic E-state index is -0.279. The van der Waals surface area contributed by atoms with E-state index < -0.39 is 0 Å². The fourth-order valence-corrected chi connectivity index (χ4v) is 6.23. The van der Waals surface area contributed by atoms with Crippen molar-refractivity contribution in [1.29, 1.82) is 0 Å². The maximum atomic E-state index is 13.3. The molecule has 5 nitrogen and oxygen atoms in total. The molecule has 0 saturated carbocycles. The molecule has 6 heteroatoms. The Kier molecular flexibility index (Phi) is 6.86. The molecule has 4 rings (SSSR count). The summed E-state index contributed by atoms with van der Waals surface area (Å²) in [7, 11) is 2.11. The van der Waals surface area contributed by atoms with Crippen LogP contribution in [0.5, 0.6) is 0 Å². The molecular weight excluding hydrogens is 466 g/mol. The lowest BCUT2D eigenvalue weighted by atomic mass is 9.73. The van der Waals surface area contributed by atoms with Crippen molar-refractivity contribution in [2.45, 2.75) is 59.8 Å². The van der Waals surface area contributed by atoms with E-state index in [2.05, 4.69) is 82.1 Å². The number of anilines is 1. The third kappa shape index (κ3) is 4.36. The summed E-state index contributed by atoms with van der Waals surface area (Å²) in [4.78, 5) is 32.0. The first-order chi connectivity index (χ1) is 16.9. The minimum absolute atomic E-state index is 0.0733. The molecular formula is C30H37N3O2S. The van der Waals surface area contributed by atoms with Gasteiger partial charge in [-0.1, -0.05) is 64.1 Å². The second kappa shape index (κ2) is 9.47. The molecule has 2 amide bonds. The number of hydrogen-bond donors (Lipinski definition) is 0. The molecule has 0 atom stereocenters. The predicted molar refractivity (Wildman–Crippen MR) is 151 cm³/mol. The Bertz CT molecular complexity index is 1220. The van der Waals surface area contributed by atoms with Crippen LogP contribution in [0.1, 0.15) is 59.9 Å². The Hall–Kier alpha value is -2.99. The largest absolute Gasteiger partial charge is 0.347 e. The second-order valence-electron chi connectivity index (χ2n) is 11.1. The Morgan fingerprint density at radius 3 is 2.17 bits per heavy atom. The van der Waals surface area contributed by atoms with Crippen LogP contribution in [-0.2, 0) is 15.0 Å². The van der Waals surface area contributed by atoms with E-state index in [0.717, 1.165) is 17.6 Å². The van der Waals surface area contributed by atoms with Gasteiger partial charge < -0.3 is 4.90 Å². The number of carbonyl (C=O) groups is 2. The number of fused-ring (bicyclic) bond motifs is 1. The van der Waals surface area contributed by atoms with Crippen LogP contribution in [0, 0.1) is 5.41 Å². The summed E-state index contributed by atoms with van der Waals surface area (Å²) < 4.78 is 0. The Balaban J connectivity index is 1.72. The van der Waals surface area contributed by atoms with E-state index >= 15 is 0 Å². The molecule has 2 aliphatic heterocycles. The maximum absolute atomic E-state index is 13.3.